The predicted molar refractivity (Wildman–Crippen MR) is 68.5 cm³/mol. The zero-order valence-electron chi connectivity index (χ0n) is 11.3. The fourth-order valence-electron chi connectivity index (χ4n) is 1.29. The van der Waals surface area contributed by atoms with Crippen molar-refractivity contribution in [1.29, 1.82) is 0 Å². The Balaban J connectivity index is 3.10. The molecule has 1 aromatic heterocycles. The summed E-state index contributed by atoms with van der Waals surface area (Å²) in [5, 5.41) is 11.5. The van der Waals surface area contributed by atoms with E-state index in [9.17, 15) is 4.79 Å². The first-order valence-electron chi connectivity index (χ1n) is 5.53. The number of aromatic nitrogens is 1. The average molecular weight is 267 g/mol. The minimum Gasteiger partial charge on any atom is -0.494 e. The quantitative estimate of drug-likeness (QED) is 0.279. The molecule has 0 radical (unpaired) electrons. The van der Waals surface area contributed by atoms with E-state index in [4.69, 9.17) is 20.4 Å². The first-order chi connectivity index (χ1) is 8.78. The average Bonchev–Trinajstić information content (AvgIpc) is 2.35. The van der Waals surface area contributed by atoms with Crippen LogP contribution in [0.3, 0.4) is 0 Å². The molecule has 0 aliphatic rings. The molecular formula is C12H17N3O4. The SMILES string of the molecule is COc1cc(C(=O)OC(C)(C)C)cnc1C(N)=NO. The van der Waals surface area contributed by atoms with Gasteiger partial charge in [0, 0.05) is 6.20 Å². The largest absolute Gasteiger partial charge is 0.494 e. The number of ether oxygens (including phenoxy) is 2. The molecule has 0 fully saturated rings. The molecule has 0 bridgehead atoms. The molecule has 0 saturated carbocycles. The third kappa shape index (κ3) is 3.84. The Morgan fingerprint density at radius 2 is 2.11 bits per heavy atom. The second-order valence-electron chi connectivity index (χ2n) is 4.76. The fourth-order valence-corrected chi connectivity index (χ4v) is 1.29. The van der Waals surface area contributed by atoms with Gasteiger partial charge in [0.2, 0.25) is 0 Å². The van der Waals surface area contributed by atoms with Gasteiger partial charge in [-0.15, -0.1) is 0 Å². The van der Waals surface area contributed by atoms with Crippen LogP contribution in [0.4, 0.5) is 0 Å². The van der Waals surface area contributed by atoms with Crippen molar-refractivity contribution < 1.29 is 19.5 Å². The number of rotatable bonds is 3. The first-order valence-corrected chi connectivity index (χ1v) is 5.53. The number of carbonyl (C=O) groups excluding carboxylic acids is 1. The Bertz CT molecular complexity index is 506. The Morgan fingerprint density at radius 3 is 2.58 bits per heavy atom. The third-order valence-corrected chi connectivity index (χ3v) is 2.06. The normalized spacial score (nSPS) is 12.1. The van der Waals surface area contributed by atoms with Crippen LogP contribution in [0.2, 0.25) is 0 Å². The summed E-state index contributed by atoms with van der Waals surface area (Å²) in [6.45, 7) is 5.29. The van der Waals surface area contributed by atoms with Gasteiger partial charge in [-0.2, -0.15) is 0 Å². The van der Waals surface area contributed by atoms with E-state index in [0.29, 0.717) is 0 Å². The summed E-state index contributed by atoms with van der Waals surface area (Å²) in [5.41, 5.74) is 5.21. The number of hydrogen-bond acceptors (Lipinski definition) is 6. The molecule has 0 saturated heterocycles. The topological polar surface area (TPSA) is 107 Å². The van der Waals surface area contributed by atoms with Crippen molar-refractivity contribution in [3.05, 3.63) is 23.5 Å². The molecule has 0 aromatic carbocycles. The number of amidine groups is 1. The maximum absolute atomic E-state index is 11.9. The molecule has 0 aliphatic carbocycles. The van der Waals surface area contributed by atoms with Crippen molar-refractivity contribution >= 4 is 11.8 Å². The molecule has 0 atom stereocenters. The molecule has 1 rings (SSSR count). The van der Waals surface area contributed by atoms with Crippen LogP contribution in [0, 0.1) is 0 Å². The van der Waals surface area contributed by atoms with Crippen LogP contribution in [-0.4, -0.2) is 34.7 Å². The van der Waals surface area contributed by atoms with Gasteiger partial charge in [-0.1, -0.05) is 5.16 Å². The maximum Gasteiger partial charge on any atom is 0.340 e. The highest BCUT2D eigenvalue weighted by Gasteiger charge is 2.20. The molecule has 19 heavy (non-hydrogen) atoms. The van der Waals surface area contributed by atoms with E-state index in [1.165, 1.54) is 19.4 Å². The van der Waals surface area contributed by atoms with Crippen LogP contribution in [0.1, 0.15) is 36.8 Å². The highest BCUT2D eigenvalue weighted by molar-refractivity contribution is 5.99. The van der Waals surface area contributed by atoms with Gasteiger partial charge in [0.25, 0.3) is 0 Å². The van der Waals surface area contributed by atoms with Crippen molar-refractivity contribution in [2.45, 2.75) is 26.4 Å². The number of nitrogens with two attached hydrogens (primary N) is 1. The van der Waals surface area contributed by atoms with Gasteiger partial charge in [-0.25, -0.2) is 9.78 Å². The maximum atomic E-state index is 11.9. The van der Waals surface area contributed by atoms with Crippen LogP contribution < -0.4 is 10.5 Å². The Morgan fingerprint density at radius 1 is 1.47 bits per heavy atom. The smallest absolute Gasteiger partial charge is 0.340 e. The highest BCUT2D eigenvalue weighted by atomic mass is 16.6. The third-order valence-electron chi connectivity index (χ3n) is 2.06. The summed E-state index contributed by atoms with van der Waals surface area (Å²) >= 11 is 0. The van der Waals surface area contributed by atoms with Crippen molar-refractivity contribution in [3.8, 4) is 5.75 Å². The fraction of sp³-hybridized carbons (Fsp3) is 0.417. The van der Waals surface area contributed by atoms with Gasteiger partial charge in [-0.05, 0) is 26.8 Å². The number of esters is 1. The van der Waals surface area contributed by atoms with Crippen molar-refractivity contribution in [3.63, 3.8) is 0 Å². The molecular weight excluding hydrogens is 250 g/mol. The molecule has 0 unspecified atom stereocenters. The standard InChI is InChI=1S/C12H17N3O4/c1-12(2,3)19-11(16)7-5-8(18-4)9(14-6-7)10(13)15-17/h5-6,17H,1-4H3,(H2,13,15). The summed E-state index contributed by atoms with van der Waals surface area (Å²) in [4.78, 5) is 15.8. The predicted octanol–water partition coefficient (Wildman–Crippen LogP) is 1.14. The zero-order valence-corrected chi connectivity index (χ0v) is 11.3. The number of pyridine rings is 1. The zero-order chi connectivity index (χ0) is 14.6. The minimum absolute atomic E-state index is 0.150. The Labute approximate surface area is 111 Å². The van der Waals surface area contributed by atoms with Gasteiger partial charge in [-0.3, -0.25) is 0 Å². The lowest BCUT2D eigenvalue weighted by atomic mass is 10.2. The monoisotopic (exact) mass is 267 g/mol. The van der Waals surface area contributed by atoms with E-state index in [0.717, 1.165) is 0 Å². The summed E-state index contributed by atoms with van der Waals surface area (Å²) in [7, 11) is 1.39. The molecule has 0 aliphatic heterocycles. The lowest BCUT2D eigenvalue weighted by molar-refractivity contribution is 0.00687. The van der Waals surface area contributed by atoms with E-state index >= 15 is 0 Å². The summed E-state index contributed by atoms with van der Waals surface area (Å²) in [6.07, 6.45) is 1.28. The Hall–Kier alpha value is -2.31. The number of methoxy groups -OCH3 is 1. The van der Waals surface area contributed by atoms with Gasteiger partial charge >= 0.3 is 5.97 Å². The van der Waals surface area contributed by atoms with Crippen molar-refractivity contribution in [2.24, 2.45) is 10.9 Å². The number of oxime groups is 1. The minimum atomic E-state index is -0.603. The van der Waals surface area contributed by atoms with Gasteiger partial charge in [0.05, 0.1) is 12.7 Å². The summed E-state index contributed by atoms with van der Waals surface area (Å²) in [5.74, 6) is -0.504. The van der Waals surface area contributed by atoms with Crippen molar-refractivity contribution in [1.82, 2.24) is 4.98 Å². The number of nitrogens with zero attached hydrogens (tertiary/aromatic N) is 2. The van der Waals surface area contributed by atoms with Gasteiger partial charge in [0.15, 0.2) is 11.5 Å². The van der Waals surface area contributed by atoms with Crippen molar-refractivity contribution in [2.75, 3.05) is 7.11 Å². The molecule has 104 valence electrons. The molecule has 1 aromatic rings. The Kier molecular flexibility index (Phi) is 4.31. The van der Waals surface area contributed by atoms with Gasteiger partial charge in [0.1, 0.15) is 11.4 Å². The van der Waals surface area contributed by atoms with Crippen LogP contribution in [0.25, 0.3) is 0 Å². The number of carbonyl (C=O) groups is 1. The molecule has 7 nitrogen and oxygen atoms in total. The van der Waals surface area contributed by atoms with E-state index in [-0.39, 0.29) is 22.8 Å². The summed E-state index contributed by atoms with van der Waals surface area (Å²) < 4.78 is 10.3. The second kappa shape index (κ2) is 5.55. The second-order valence-corrected chi connectivity index (χ2v) is 4.76. The van der Waals surface area contributed by atoms with Crippen LogP contribution in [0.5, 0.6) is 5.75 Å². The van der Waals surface area contributed by atoms with Gasteiger partial charge < -0.3 is 20.4 Å². The van der Waals surface area contributed by atoms with E-state index < -0.39 is 11.6 Å². The lowest BCUT2D eigenvalue weighted by Crippen LogP contribution is -2.24. The number of hydrogen-bond donors (Lipinski definition) is 2. The lowest BCUT2D eigenvalue weighted by Gasteiger charge is -2.19. The molecule has 3 N–H and O–H groups in total. The highest BCUT2D eigenvalue weighted by Crippen LogP contribution is 2.19. The van der Waals surface area contributed by atoms with Crippen LogP contribution >= 0.6 is 0 Å². The van der Waals surface area contributed by atoms with Crippen LogP contribution in [-0.2, 0) is 4.74 Å². The van der Waals surface area contributed by atoms with Crippen LogP contribution in [0.15, 0.2) is 17.4 Å². The first kappa shape index (κ1) is 14.7. The van der Waals surface area contributed by atoms with E-state index in [2.05, 4.69) is 10.1 Å². The van der Waals surface area contributed by atoms with E-state index in [1.807, 2.05) is 0 Å². The molecule has 0 amide bonds. The van der Waals surface area contributed by atoms with E-state index in [1.54, 1.807) is 20.8 Å². The summed E-state index contributed by atoms with van der Waals surface area (Å²) in [6, 6.07) is 1.43. The molecule has 1 heterocycles. The molecule has 7 heteroatoms. The molecule has 0 spiro atoms.